The van der Waals surface area contributed by atoms with Crippen LogP contribution in [0.2, 0.25) is 0 Å². The van der Waals surface area contributed by atoms with Gasteiger partial charge in [-0.25, -0.2) is 4.39 Å². The summed E-state index contributed by atoms with van der Waals surface area (Å²) in [5.74, 6) is -0.120. The van der Waals surface area contributed by atoms with Crippen molar-refractivity contribution in [3.05, 3.63) is 35.8 Å². The number of fused-ring (bicyclic) bond motifs is 1. The van der Waals surface area contributed by atoms with Crippen LogP contribution in [-0.4, -0.2) is 17.7 Å². The second kappa shape index (κ2) is 5.11. The van der Waals surface area contributed by atoms with Gasteiger partial charge in [-0.1, -0.05) is 6.07 Å². The first kappa shape index (κ1) is 13.1. The molecule has 0 saturated heterocycles. The van der Waals surface area contributed by atoms with Gasteiger partial charge in [-0.2, -0.15) is 0 Å². The van der Waals surface area contributed by atoms with E-state index >= 15 is 0 Å². The summed E-state index contributed by atoms with van der Waals surface area (Å²) < 4.78 is 16.2. The van der Waals surface area contributed by atoms with Gasteiger partial charge in [-0.3, -0.25) is 0 Å². The third kappa shape index (κ3) is 2.27. The fourth-order valence-corrected chi connectivity index (χ4v) is 2.36. The van der Waals surface area contributed by atoms with Gasteiger partial charge in [0.2, 0.25) is 0 Å². The molecule has 3 heteroatoms. The molecule has 98 valence electrons. The molecule has 18 heavy (non-hydrogen) atoms. The van der Waals surface area contributed by atoms with Crippen molar-refractivity contribution >= 4 is 10.9 Å². The molecular weight excluding hydrogens is 227 g/mol. The van der Waals surface area contributed by atoms with Gasteiger partial charge in [0.25, 0.3) is 0 Å². The standard InChI is InChI=1S/C15H21FN2/c1-10(2)18-9-12(8-11(3)17-4)15-13(16)6-5-7-14(15)18/h5-7,9-11,17H,8H2,1-4H3. The average Bonchev–Trinajstić information content (AvgIpc) is 2.69. The molecule has 0 fully saturated rings. The lowest BCUT2D eigenvalue weighted by Crippen LogP contribution is -2.23. The predicted molar refractivity (Wildman–Crippen MR) is 74.5 cm³/mol. The Balaban J connectivity index is 2.58. The highest BCUT2D eigenvalue weighted by molar-refractivity contribution is 5.84. The molecule has 0 aliphatic rings. The van der Waals surface area contributed by atoms with Crippen LogP contribution in [0.15, 0.2) is 24.4 Å². The maximum atomic E-state index is 14.0. The molecule has 1 aromatic heterocycles. The van der Waals surface area contributed by atoms with Crippen LogP contribution in [0.1, 0.15) is 32.4 Å². The number of rotatable bonds is 4. The van der Waals surface area contributed by atoms with E-state index in [1.807, 2.05) is 13.1 Å². The van der Waals surface area contributed by atoms with Crippen LogP contribution in [0, 0.1) is 5.82 Å². The summed E-state index contributed by atoms with van der Waals surface area (Å²) in [4.78, 5) is 0. The van der Waals surface area contributed by atoms with Crippen molar-refractivity contribution in [3.8, 4) is 0 Å². The van der Waals surface area contributed by atoms with E-state index in [0.717, 1.165) is 22.9 Å². The molecule has 0 amide bonds. The third-order valence-electron chi connectivity index (χ3n) is 3.46. The quantitative estimate of drug-likeness (QED) is 0.876. The average molecular weight is 248 g/mol. The molecule has 0 aliphatic carbocycles. The lowest BCUT2D eigenvalue weighted by molar-refractivity contribution is 0.597. The number of nitrogens with one attached hydrogen (secondary N) is 1. The Morgan fingerprint density at radius 1 is 1.28 bits per heavy atom. The minimum atomic E-state index is -0.120. The maximum absolute atomic E-state index is 14.0. The van der Waals surface area contributed by atoms with Crippen LogP contribution in [0.5, 0.6) is 0 Å². The van der Waals surface area contributed by atoms with E-state index in [1.54, 1.807) is 12.1 Å². The minimum absolute atomic E-state index is 0.120. The van der Waals surface area contributed by atoms with Gasteiger partial charge in [0.15, 0.2) is 0 Å². The van der Waals surface area contributed by atoms with E-state index in [4.69, 9.17) is 0 Å². The van der Waals surface area contributed by atoms with Crippen molar-refractivity contribution in [2.45, 2.75) is 39.3 Å². The molecule has 0 aliphatic heterocycles. The van der Waals surface area contributed by atoms with Gasteiger partial charge in [0, 0.05) is 23.7 Å². The summed E-state index contributed by atoms with van der Waals surface area (Å²) >= 11 is 0. The number of halogens is 1. The Morgan fingerprint density at radius 2 is 2.00 bits per heavy atom. The molecule has 1 heterocycles. The van der Waals surface area contributed by atoms with Crippen molar-refractivity contribution in [3.63, 3.8) is 0 Å². The van der Waals surface area contributed by atoms with E-state index in [2.05, 4.69) is 36.9 Å². The SMILES string of the molecule is CNC(C)Cc1cn(C(C)C)c2cccc(F)c12. The normalized spacial score (nSPS) is 13.4. The highest BCUT2D eigenvalue weighted by atomic mass is 19.1. The Kier molecular flexibility index (Phi) is 3.71. The summed E-state index contributed by atoms with van der Waals surface area (Å²) in [6, 6.07) is 6.00. The fourth-order valence-electron chi connectivity index (χ4n) is 2.36. The van der Waals surface area contributed by atoms with Crippen LogP contribution in [0.25, 0.3) is 10.9 Å². The highest BCUT2D eigenvalue weighted by Crippen LogP contribution is 2.27. The summed E-state index contributed by atoms with van der Waals surface area (Å²) in [6.07, 6.45) is 2.93. The number of hydrogen-bond donors (Lipinski definition) is 1. The Labute approximate surface area is 108 Å². The van der Waals surface area contributed by atoms with Crippen molar-refractivity contribution in [2.24, 2.45) is 0 Å². The Bertz CT molecular complexity index is 543. The molecular formula is C15H21FN2. The summed E-state index contributed by atoms with van der Waals surface area (Å²) in [5, 5.41) is 3.98. The highest BCUT2D eigenvalue weighted by Gasteiger charge is 2.15. The zero-order chi connectivity index (χ0) is 13.3. The molecule has 2 nitrogen and oxygen atoms in total. The first-order valence-electron chi connectivity index (χ1n) is 6.49. The molecule has 1 N–H and O–H groups in total. The zero-order valence-electron chi connectivity index (χ0n) is 11.5. The molecule has 1 aromatic carbocycles. The monoisotopic (exact) mass is 248 g/mol. The molecule has 2 rings (SSSR count). The van der Waals surface area contributed by atoms with E-state index in [9.17, 15) is 4.39 Å². The van der Waals surface area contributed by atoms with Crippen LogP contribution >= 0.6 is 0 Å². The lowest BCUT2D eigenvalue weighted by Gasteiger charge is -2.09. The first-order valence-corrected chi connectivity index (χ1v) is 6.49. The predicted octanol–water partition coefficient (Wildman–Crippen LogP) is 3.51. The zero-order valence-corrected chi connectivity index (χ0v) is 11.5. The molecule has 1 atom stereocenters. The first-order chi connectivity index (χ1) is 8.54. The van der Waals surface area contributed by atoms with E-state index in [-0.39, 0.29) is 5.82 Å². The van der Waals surface area contributed by atoms with Gasteiger partial charge in [0.05, 0.1) is 5.52 Å². The summed E-state index contributed by atoms with van der Waals surface area (Å²) in [5.41, 5.74) is 2.07. The van der Waals surface area contributed by atoms with Gasteiger partial charge < -0.3 is 9.88 Å². The van der Waals surface area contributed by atoms with E-state index in [0.29, 0.717) is 12.1 Å². The number of benzene rings is 1. The molecule has 1 unspecified atom stereocenters. The van der Waals surface area contributed by atoms with Crippen molar-refractivity contribution < 1.29 is 4.39 Å². The topological polar surface area (TPSA) is 17.0 Å². The van der Waals surface area contributed by atoms with E-state index in [1.165, 1.54) is 0 Å². The molecule has 0 bridgehead atoms. The summed E-state index contributed by atoms with van der Waals surface area (Å²) in [7, 11) is 1.93. The Hall–Kier alpha value is -1.35. The number of hydrogen-bond acceptors (Lipinski definition) is 1. The third-order valence-corrected chi connectivity index (χ3v) is 3.46. The van der Waals surface area contributed by atoms with Crippen molar-refractivity contribution in [1.29, 1.82) is 0 Å². The number of likely N-dealkylation sites (N-methyl/N-ethyl adjacent to an activating group) is 1. The van der Waals surface area contributed by atoms with Crippen LogP contribution < -0.4 is 5.32 Å². The smallest absolute Gasteiger partial charge is 0.132 e. The molecule has 2 aromatic rings. The van der Waals surface area contributed by atoms with Crippen LogP contribution in [0.4, 0.5) is 4.39 Å². The fraction of sp³-hybridized carbons (Fsp3) is 0.467. The molecule has 0 saturated carbocycles. The van der Waals surface area contributed by atoms with Gasteiger partial charge >= 0.3 is 0 Å². The van der Waals surface area contributed by atoms with Gasteiger partial charge in [0.1, 0.15) is 5.82 Å². The Morgan fingerprint density at radius 3 is 2.61 bits per heavy atom. The van der Waals surface area contributed by atoms with Crippen LogP contribution in [-0.2, 0) is 6.42 Å². The molecule has 0 spiro atoms. The second-order valence-corrected chi connectivity index (χ2v) is 5.18. The van der Waals surface area contributed by atoms with Crippen molar-refractivity contribution in [2.75, 3.05) is 7.05 Å². The lowest BCUT2D eigenvalue weighted by atomic mass is 10.1. The number of nitrogens with zero attached hydrogens (tertiary/aromatic N) is 1. The largest absolute Gasteiger partial charge is 0.345 e. The van der Waals surface area contributed by atoms with Gasteiger partial charge in [-0.15, -0.1) is 0 Å². The second-order valence-electron chi connectivity index (χ2n) is 5.18. The maximum Gasteiger partial charge on any atom is 0.132 e. The van der Waals surface area contributed by atoms with Crippen molar-refractivity contribution in [1.82, 2.24) is 9.88 Å². The van der Waals surface area contributed by atoms with E-state index < -0.39 is 0 Å². The summed E-state index contributed by atoms with van der Waals surface area (Å²) in [6.45, 7) is 6.35. The molecule has 0 radical (unpaired) electrons. The van der Waals surface area contributed by atoms with Gasteiger partial charge in [-0.05, 0) is 51.9 Å². The minimum Gasteiger partial charge on any atom is -0.345 e. The van der Waals surface area contributed by atoms with Crippen LogP contribution in [0.3, 0.4) is 0 Å². The number of aromatic nitrogens is 1.